The first-order valence-corrected chi connectivity index (χ1v) is 28.7. The molecule has 0 spiro atoms. The smallest absolute Gasteiger partial charge is 0.245 e. The third-order valence-electron chi connectivity index (χ3n) is 15.9. The van der Waals surface area contributed by atoms with E-state index in [0.29, 0.717) is 90.5 Å². The molecule has 4 aliphatic rings. The van der Waals surface area contributed by atoms with Crippen molar-refractivity contribution >= 4 is 23.6 Å². The highest BCUT2D eigenvalue weighted by Crippen LogP contribution is 2.35. The molecule has 2 aromatic heterocycles. The maximum atomic E-state index is 14.2. The fraction of sp³-hybridized carbons (Fsp3) is 0.644. The highest BCUT2D eigenvalue weighted by Gasteiger charge is 2.44. The molecular formula is C59H88N10O8. The summed E-state index contributed by atoms with van der Waals surface area (Å²) in [6, 6.07) is 20.4. The van der Waals surface area contributed by atoms with Crippen LogP contribution in [-0.4, -0.2) is 185 Å². The predicted molar refractivity (Wildman–Crippen MR) is 299 cm³/mol. The summed E-state index contributed by atoms with van der Waals surface area (Å²) in [5.41, 5.74) is 4.28. The minimum atomic E-state index is -0.435. The number of benzene rings is 2. The van der Waals surface area contributed by atoms with E-state index in [1.807, 2.05) is 62.4 Å². The second-order valence-electron chi connectivity index (χ2n) is 21.5. The summed E-state index contributed by atoms with van der Waals surface area (Å²) < 4.78 is 36.9. The van der Waals surface area contributed by atoms with E-state index in [2.05, 4.69) is 72.0 Å². The molecule has 4 atom stereocenters. The van der Waals surface area contributed by atoms with E-state index >= 15 is 0 Å². The van der Waals surface area contributed by atoms with E-state index in [9.17, 15) is 9.59 Å². The van der Waals surface area contributed by atoms with Gasteiger partial charge in [0, 0.05) is 52.0 Å². The number of fused-ring (bicyclic) bond motifs is 1. The Balaban J connectivity index is 0.604. The molecular weight excluding hydrogens is 977 g/mol. The third-order valence-corrected chi connectivity index (χ3v) is 15.9. The van der Waals surface area contributed by atoms with E-state index in [0.717, 1.165) is 120 Å². The van der Waals surface area contributed by atoms with Gasteiger partial charge in [-0.05, 0) is 119 Å². The van der Waals surface area contributed by atoms with Crippen LogP contribution in [0.25, 0.3) is 11.3 Å². The Morgan fingerprint density at radius 2 is 1.43 bits per heavy atom. The van der Waals surface area contributed by atoms with Gasteiger partial charge in [-0.25, -0.2) is 14.6 Å². The van der Waals surface area contributed by atoms with E-state index < -0.39 is 6.04 Å². The molecule has 2 aliphatic heterocycles. The molecule has 2 amide bonds. The summed E-state index contributed by atoms with van der Waals surface area (Å²) in [4.78, 5) is 43.4. The second kappa shape index (κ2) is 30.8. The van der Waals surface area contributed by atoms with Crippen molar-refractivity contribution in [2.45, 2.75) is 121 Å². The lowest BCUT2D eigenvalue weighted by molar-refractivity contribution is -0.140. The summed E-state index contributed by atoms with van der Waals surface area (Å²) in [5, 5.41) is 14.5. The van der Waals surface area contributed by atoms with Gasteiger partial charge in [-0.1, -0.05) is 61.7 Å². The fourth-order valence-electron chi connectivity index (χ4n) is 11.5. The van der Waals surface area contributed by atoms with Crippen LogP contribution in [-0.2, 0) is 46.2 Å². The molecule has 422 valence electrons. The lowest BCUT2D eigenvalue weighted by atomic mass is 9.83. The minimum absolute atomic E-state index is 0.0892. The molecule has 2 aliphatic carbocycles. The van der Waals surface area contributed by atoms with Gasteiger partial charge in [-0.3, -0.25) is 9.59 Å². The van der Waals surface area contributed by atoms with Crippen molar-refractivity contribution in [1.82, 2.24) is 40.2 Å². The summed E-state index contributed by atoms with van der Waals surface area (Å²) in [6.45, 7) is 11.3. The normalized spacial score (nSPS) is 20.9. The SMILES string of the molecule is CN[C@@H](C)C(=O)N[C@H](C(=O)N1CC[C@@H]2CCN(CCc3ccc(OCCOCCOCCOCCOCCOC4CCC(Nc5nccc(-c6cnn(Cc7ccccc7)c6N(C)C)n5)CC4)cc3)C[C@@H]21)C1CCCCC1. The Kier molecular flexibility index (Phi) is 23.2. The quantitative estimate of drug-likeness (QED) is 0.0467. The summed E-state index contributed by atoms with van der Waals surface area (Å²) in [6.07, 6.45) is 16.4. The molecule has 0 unspecified atom stereocenters. The van der Waals surface area contributed by atoms with Gasteiger partial charge in [0.2, 0.25) is 17.8 Å². The second-order valence-corrected chi connectivity index (χ2v) is 21.5. The zero-order valence-corrected chi connectivity index (χ0v) is 46.5. The van der Waals surface area contributed by atoms with E-state index in [1.165, 1.54) is 17.5 Å². The molecule has 2 saturated heterocycles. The topological polar surface area (TPSA) is 179 Å². The number of likely N-dealkylation sites (tertiary alicyclic amines) is 2. The minimum Gasteiger partial charge on any atom is -0.491 e. The number of anilines is 2. The number of hydrogen-bond acceptors (Lipinski definition) is 15. The molecule has 0 bridgehead atoms. The Bertz CT molecular complexity index is 2350. The van der Waals surface area contributed by atoms with Crippen LogP contribution >= 0.6 is 0 Å². The molecule has 2 saturated carbocycles. The van der Waals surface area contributed by atoms with Crippen molar-refractivity contribution in [1.29, 1.82) is 0 Å². The zero-order valence-electron chi connectivity index (χ0n) is 46.5. The van der Waals surface area contributed by atoms with Crippen LogP contribution in [0.3, 0.4) is 0 Å². The standard InChI is InChI=1S/C59H88N10O8/c1-44(60-2)56(70)65-55(48-13-9-6-10-14-48)58(71)68-30-26-47-25-29-67(43-54(47)68)28-24-45-15-19-50(20-16-45)76-39-37-74-35-33-72-31-32-73-34-36-75-38-40-77-51-21-17-49(18-22-51)63-59-61-27-23-53(64-59)52-41-62-69(57(52)66(3)4)42-46-11-7-5-8-12-46/h5,7-8,11-12,15-16,19-20,23,27,41,44,47-49,51,54-55,60H,6,9-10,13-14,17-18,21-22,24-26,28-40,42-43H2,1-4H3,(H,65,70)(H,61,63,64)/t44-,47-,49?,51?,54-,55-/m0/s1. The van der Waals surface area contributed by atoms with Crippen LogP contribution < -0.4 is 25.6 Å². The average Bonchev–Trinajstić information content (AvgIpc) is 4.11. The number of likely N-dealkylation sites (N-methyl/N-ethyl adjacent to an activating group) is 1. The van der Waals surface area contributed by atoms with Gasteiger partial charge in [-0.2, -0.15) is 5.10 Å². The number of rotatable bonds is 31. The molecule has 4 heterocycles. The van der Waals surface area contributed by atoms with Gasteiger partial charge in [0.05, 0.1) is 95.6 Å². The number of nitrogens with zero attached hydrogens (tertiary/aromatic N) is 7. The molecule has 4 aromatic rings. The maximum absolute atomic E-state index is 14.2. The van der Waals surface area contributed by atoms with Crippen LogP contribution in [0.5, 0.6) is 5.75 Å². The summed E-state index contributed by atoms with van der Waals surface area (Å²) in [7, 11) is 5.86. The Morgan fingerprint density at radius 1 is 0.753 bits per heavy atom. The van der Waals surface area contributed by atoms with Gasteiger partial charge >= 0.3 is 0 Å². The monoisotopic (exact) mass is 1060 g/mol. The lowest BCUT2D eigenvalue weighted by Gasteiger charge is -2.41. The Labute approximate surface area is 457 Å². The molecule has 0 radical (unpaired) electrons. The molecule has 8 rings (SSSR count). The van der Waals surface area contributed by atoms with Gasteiger partial charge in [-0.15, -0.1) is 0 Å². The first-order valence-electron chi connectivity index (χ1n) is 28.7. The average molecular weight is 1070 g/mol. The Hall–Kier alpha value is -5.21. The summed E-state index contributed by atoms with van der Waals surface area (Å²) >= 11 is 0. The van der Waals surface area contributed by atoms with Crippen molar-refractivity contribution in [3.05, 3.63) is 84.2 Å². The number of amides is 2. The molecule has 18 heteroatoms. The van der Waals surface area contributed by atoms with Crippen molar-refractivity contribution in [3.63, 3.8) is 0 Å². The molecule has 2 aromatic carbocycles. The number of carbonyl (C=O) groups excluding carboxylic acids is 2. The van der Waals surface area contributed by atoms with Crippen LogP contribution in [0.1, 0.15) is 88.7 Å². The highest BCUT2D eigenvalue weighted by atomic mass is 16.6. The largest absolute Gasteiger partial charge is 0.491 e. The lowest BCUT2D eigenvalue weighted by Crippen LogP contribution is -2.58. The van der Waals surface area contributed by atoms with Crippen molar-refractivity contribution in [2.24, 2.45) is 11.8 Å². The van der Waals surface area contributed by atoms with Gasteiger partial charge in [0.25, 0.3) is 0 Å². The van der Waals surface area contributed by atoms with Crippen LogP contribution in [0.15, 0.2) is 73.1 Å². The number of hydrogen-bond donors (Lipinski definition) is 3. The highest BCUT2D eigenvalue weighted by molar-refractivity contribution is 5.90. The third kappa shape index (κ3) is 17.6. The summed E-state index contributed by atoms with van der Waals surface area (Å²) in [5.74, 6) is 3.25. The van der Waals surface area contributed by atoms with E-state index in [-0.39, 0.29) is 35.9 Å². The zero-order chi connectivity index (χ0) is 53.6. The first kappa shape index (κ1) is 58.0. The van der Waals surface area contributed by atoms with E-state index in [1.54, 1.807) is 7.05 Å². The predicted octanol–water partition coefficient (Wildman–Crippen LogP) is 6.48. The van der Waals surface area contributed by atoms with Gasteiger partial charge < -0.3 is 59.1 Å². The van der Waals surface area contributed by atoms with Crippen LogP contribution in [0.2, 0.25) is 0 Å². The number of carbonyl (C=O) groups is 2. The molecule has 77 heavy (non-hydrogen) atoms. The number of piperidine rings is 1. The molecule has 18 nitrogen and oxygen atoms in total. The first-order chi connectivity index (χ1) is 37.7. The number of nitrogens with one attached hydrogen (secondary N) is 3. The van der Waals surface area contributed by atoms with Gasteiger partial charge in [0.15, 0.2) is 0 Å². The van der Waals surface area contributed by atoms with Crippen LogP contribution in [0.4, 0.5) is 11.8 Å². The fourth-order valence-corrected chi connectivity index (χ4v) is 11.5. The maximum Gasteiger partial charge on any atom is 0.245 e. The number of ether oxygens (including phenoxy) is 6. The Morgan fingerprint density at radius 3 is 2.12 bits per heavy atom. The van der Waals surface area contributed by atoms with E-state index in [4.69, 9.17) is 38.5 Å². The molecule has 3 N–H and O–H groups in total. The van der Waals surface area contributed by atoms with Crippen molar-refractivity contribution < 1.29 is 38.0 Å². The van der Waals surface area contributed by atoms with Crippen molar-refractivity contribution in [3.8, 4) is 17.0 Å². The van der Waals surface area contributed by atoms with Crippen molar-refractivity contribution in [2.75, 3.05) is 124 Å². The van der Waals surface area contributed by atoms with Gasteiger partial charge in [0.1, 0.15) is 24.2 Å². The number of aromatic nitrogens is 4. The van der Waals surface area contributed by atoms with Crippen LogP contribution in [0, 0.1) is 11.8 Å². The molecule has 4 fully saturated rings.